The number of carbonyl (C=O) groups is 5. The van der Waals surface area contributed by atoms with Crippen molar-refractivity contribution < 1.29 is 33.4 Å². The summed E-state index contributed by atoms with van der Waals surface area (Å²) in [5.74, 6) is -2.32. The van der Waals surface area contributed by atoms with Gasteiger partial charge in [-0.3, -0.25) is 19.2 Å². The Bertz CT molecular complexity index is 1340. The Hall–Kier alpha value is -4.24. The van der Waals surface area contributed by atoms with Crippen LogP contribution in [-0.2, 0) is 23.9 Å². The molecule has 2 amide bonds. The third-order valence-electron chi connectivity index (χ3n) is 5.82. The molecule has 0 aliphatic carbocycles. The van der Waals surface area contributed by atoms with E-state index < -0.39 is 35.6 Å². The van der Waals surface area contributed by atoms with Crippen molar-refractivity contribution in [2.45, 2.75) is 18.6 Å². The Morgan fingerprint density at radius 3 is 2.13 bits per heavy atom. The van der Waals surface area contributed by atoms with Crippen molar-refractivity contribution in [3.8, 4) is 11.1 Å². The van der Waals surface area contributed by atoms with Crippen molar-refractivity contribution in [2.24, 2.45) is 0 Å². The van der Waals surface area contributed by atoms with Gasteiger partial charge in [0.1, 0.15) is 0 Å². The molecular weight excluding hydrogens is 506 g/mol. The highest BCUT2D eigenvalue weighted by Crippen LogP contribution is 2.30. The van der Waals surface area contributed by atoms with Gasteiger partial charge in [-0.1, -0.05) is 54.6 Å². The van der Waals surface area contributed by atoms with Crippen molar-refractivity contribution in [1.29, 1.82) is 0 Å². The summed E-state index contributed by atoms with van der Waals surface area (Å²) in [6, 6.07) is 22.6. The van der Waals surface area contributed by atoms with Crippen LogP contribution in [0.25, 0.3) is 11.1 Å². The Morgan fingerprint density at radius 1 is 0.842 bits per heavy atom. The van der Waals surface area contributed by atoms with Gasteiger partial charge in [0.25, 0.3) is 0 Å². The second-order valence-corrected chi connectivity index (χ2v) is 9.56. The van der Waals surface area contributed by atoms with E-state index in [-0.39, 0.29) is 30.1 Å². The van der Waals surface area contributed by atoms with E-state index in [4.69, 9.17) is 9.47 Å². The minimum Gasteiger partial charge on any atom is -0.465 e. The Balaban J connectivity index is 1.31. The molecule has 1 atom stereocenters. The van der Waals surface area contributed by atoms with E-state index >= 15 is 0 Å². The molecule has 8 nitrogen and oxygen atoms in total. The highest BCUT2D eigenvalue weighted by molar-refractivity contribution is 8.01. The standard InChI is InChI=1S/C29H25NO7S/c1-2-36-27(33)18-38-25-16-26(32)30(28(25)34)23-14-12-22(13-15-23)29(35)37-17-24(31)21-10-8-20(9-11-21)19-6-4-3-5-7-19/h3-15,25H,2,16-18H2,1H3. The lowest BCUT2D eigenvalue weighted by Crippen LogP contribution is -2.31. The molecule has 0 aromatic heterocycles. The van der Waals surface area contributed by atoms with E-state index in [2.05, 4.69) is 0 Å². The summed E-state index contributed by atoms with van der Waals surface area (Å²) < 4.78 is 10.0. The Labute approximate surface area is 223 Å². The van der Waals surface area contributed by atoms with E-state index in [1.165, 1.54) is 24.3 Å². The lowest BCUT2D eigenvalue weighted by Gasteiger charge is -2.15. The molecular formula is C29H25NO7S. The molecule has 0 N–H and O–H groups in total. The Morgan fingerprint density at radius 2 is 1.47 bits per heavy atom. The largest absolute Gasteiger partial charge is 0.465 e. The molecule has 4 rings (SSSR count). The number of Topliss-reactive ketones (excluding diaryl/α,β-unsaturated/α-hetero) is 1. The molecule has 9 heteroatoms. The number of ketones is 1. The van der Waals surface area contributed by atoms with Crippen molar-refractivity contribution in [3.63, 3.8) is 0 Å². The van der Waals surface area contributed by atoms with Crippen LogP contribution in [-0.4, -0.2) is 53.8 Å². The first-order valence-electron chi connectivity index (χ1n) is 12.0. The van der Waals surface area contributed by atoms with E-state index in [0.29, 0.717) is 11.3 Å². The van der Waals surface area contributed by atoms with Crippen LogP contribution in [0.3, 0.4) is 0 Å². The van der Waals surface area contributed by atoms with Crippen molar-refractivity contribution in [2.75, 3.05) is 23.9 Å². The van der Waals surface area contributed by atoms with Crippen LogP contribution >= 0.6 is 11.8 Å². The third-order valence-corrected chi connectivity index (χ3v) is 7.00. The number of rotatable bonds is 10. The van der Waals surface area contributed by atoms with Gasteiger partial charge in [-0.25, -0.2) is 9.69 Å². The van der Waals surface area contributed by atoms with Gasteiger partial charge in [0.2, 0.25) is 11.8 Å². The van der Waals surface area contributed by atoms with E-state index in [9.17, 15) is 24.0 Å². The number of amides is 2. The quantitative estimate of drug-likeness (QED) is 0.216. The average molecular weight is 532 g/mol. The zero-order valence-electron chi connectivity index (χ0n) is 20.6. The maximum absolute atomic E-state index is 12.7. The van der Waals surface area contributed by atoms with E-state index in [0.717, 1.165) is 27.8 Å². The van der Waals surface area contributed by atoms with Crippen LogP contribution in [0.2, 0.25) is 0 Å². The van der Waals surface area contributed by atoms with Gasteiger partial charge in [-0.2, -0.15) is 0 Å². The first kappa shape index (κ1) is 26.8. The van der Waals surface area contributed by atoms with Gasteiger partial charge in [0, 0.05) is 12.0 Å². The third kappa shape index (κ3) is 6.36. The van der Waals surface area contributed by atoms with Crippen LogP contribution < -0.4 is 4.90 Å². The molecule has 0 spiro atoms. The topological polar surface area (TPSA) is 107 Å². The van der Waals surface area contributed by atoms with Gasteiger partial charge >= 0.3 is 11.9 Å². The summed E-state index contributed by atoms with van der Waals surface area (Å²) in [7, 11) is 0. The summed E-state index contributed by atoms with van der Waals surface area (Å²) in [5.41, 5.74) is 2.91. The molecule has 38 heavy (non-hydrogen) atoms. The number of hydrogen-bond acceptors (Lipinski definition) is 8. The van der Waals surface area contributed by atoms with Crippen LogP contribution in [0.5, 0.6) is 0 Å². The molecule has 3 aromatic rings. The highest BCUT2D eigenvalue weighted by atomic mass is 32.2. The van der Waals surface area contributed by atoms with Crippen molar-refractivity contribution in [3.05, 3.63) is 90.0 Å². The fraction of sp³-hybridized carbons (Fsp3) is 0.207. The monoisotopic (exact) mass is 531 g/mol. The molecule has 1 fully saturated rings. The smallest absolute Gasteiger partial charge is 0.338 e. The number of anilines is 1. The van der Waals surface area contributed by atoms with E-state index in [1.54, 1.807) is 19.1 Å². The Kier molecular flexibility index (Phi) is 8.70. The molecule has 1 aliphatic rings. The first-order chi connectivity index (χ1) is 18.4. The minimum atomic E-state index is -0.701. The van der Waals surface area contributed by atoms with Crippen molar-refractivity contribution >= 4 is 47.0 Å². The second kappa shape index (κ2) is 12.3. The number of esters is 2. The van der Waals surface area contributed by atoms with Gasteiger partial charge in [-0.05, 0) is 42.3 Å². The fourth-order valence-electron chi connectivity index (χ4n) is 3.90. The normalized spacial score (nSPS) is 14.9. The number of hydrogen-bond donors (Lipinski definition) is 0. The summed E-state index contributed by atoms with van der Waals surface area (Å²) in [4.78, 5) is 62.7. The SMILES string of the molecule is CCOC(=O)CSC1CC(=O)N(c2ccc(C(=O)OCC(=O)c3ccc(-c4ccccc4)cc3)cc2)C1=O. The summed E-state index contributed by atoms with van der Waals surface area (Å²) in [5, 5.41) is -0.677. The van der Waals surface area contributed by atoms with Gasteiger partial charge in [-0.15, -0.1) is 11.8 Å². The van der Waals surface area contributed by atoms with Gasteiger partial charge in [0.15, 0.2) is 12.4 Å². The minimum absolute atomic E-state index is 0.0218. The summed E-state index contributed by atoms with van der Waals surface area (Å²) >= 11 is 1.06. The maximum Gasteiger partial charge on any atom is 0.338 e. The lowest BCUT2D eigenvalue weighted by molar-refractivity contribution is -0.139. The predicted molar refractivity (Wildman–Crippen MR) is 143 cm³/mol. The van der Waals surface area contributed by atoms with Gasteiger partial charge < -0.3 is 9.47 Å². The number of nitrogens with zero attached hydrogens (tertiary/aromatic N) is 1. The van der Waals surface area contributed by atoms with Crippen LogP contribution in [0.1, 0.15) is 34.1 Å². The lowest BCUT2D eigenvalue weighted by atomic mass is 10.0. The maximum atomic E-state index is 12.7. The molecule has 1 heterocycles. The number of imide groups is 1. The first-order valence-corrected chi connectivity index (χ1v) is 13.0. The fourth-order valence-corrected chi connectivity index (χ4v) is 4.83. The van der Waals surface area contributed by atoms with Crippen molar-refractivity contribution in [1.82, 2.24) is 0 Å². The number of thioether (sulfide) groups is 1. The molecule has 0 saturated carbocycles. The molecule has 0 bridgehead atoms. The number of benzene rings is 3. The molecule has 194 valence electrons. The van der Waals surface area contributed by atoms with Crippen LogP contribution in [0, 0.1) is 0 Å². The molecule has 3 aromatic carbocycles. The molecule has 0 radical (unpaired) electrons. The number of ether oxygens (including phenoxy) is 2. The average Bonchev–Trinajstić information content (AvgIpc) is 3.23. The van der Waals surface area contributed by atoms with Crippen LogP contribution in [0.4, 0.5) is 5.69 Å². The zero-order valence-corrected chi connectivity index (χ0v) is 21.4. The molecule has 1 saturated heterocycles. The second-order valence-electron chi connectivity index (χ2n) is 8.37. The van der Waals surface area contributed by atoms with Gasteiger partial charge in [0.05, 0.1) is 28.9 Å². The summed E-state index contributed by atoms with van der Waals surface area (Å²) in [6.45, 7) is 1.51. The molecule has 1 aliphatic heterocycles. The summed E-state index contributed by atoms with van der Waals surface area (Å²) in [6.07, 6.45) is -0.0266. The predicted octanol–water partition coefficient (Wildman–Crippen LogP) is 4.32. The molecule has 1 unspecified atom stereocenters. The number of carbonyl (C=O) groups excluding carboxylic acids is 5. The van der Waals surface area contributed by atoms with Crippen LogP contribution in [0.15, 0.2) is 78.9 Å². The van der Waals surface area contributed by atoms with E-state index in [1.807, 2.05) is 42.5 Å². The highest BCUT2D eigenvalue weighted by Gasteiger charge is 2.40. The zero-order chi connectivity index (χ0) is 27.1.